The molecule has 7 heteroatoms. The fourth-order valence-corrected chi connectivity index (χ4v) is 1.92. The van der Waals surface area contributed by atoms with Gasteiger partial charge in [-0.25, -0.2) is 9.78 Å². The van der Waals surface area contributed by atoms with Gasteiger partial charge in [0.25, 0.3) is 0 Å². The van der Waals surface area contributed by atoms with Crippen molar-refractivity contribution in [3.05, 3.63) is 42.5 Å². The van der Waals surface area contributed by atoms with Gasteiger partial charge in [-0.2, -0.15) is 0 Å². The van der Waals surface area contributed by atoms with E-state index in [1.807, 2.05) is 23.8 Å². The maximum atomic E-state index is 11.8. The van der Waals surface area contributed by atoms with Crippen LogP contribution in [0.4, 0.5) is 16.2 Å². The Labute approximate surface area is 128 Å². The molecule has 0 atom stereocenters. The number of nitrogens with one attached hydrogen (secondary N) is 3. The molecule has 2 rings (SSSR count). The number of rotatable bonds is 5. The van der Waals surface area contributed by atoms with Crippen LogP contribution < -0.4 is 16.0 Å². The minimum atomic E-state index is -0.294. The highest BCUT2D eigenvalue weighted by Crippen LogP contribution is 2.20. The van der Waals surface area contributed by atoms with E-state index >= 15 is 0 Å². The van der Waals surface area contributed by atoms with Crippen molar-refractivity contribution in [2.45, 2.75) is 20.4 Å². The molecule has 0 saturated carbocycles. The van der Waals surface area contributed by atoms with Gasteiger partial charge in [-0.3, -0.25) is 4.79 Å². The van der Waals surface area contributed by atoms with Crippen molar-refractivity contribution in [2.75, 3.05) is 17.2 Å². The van der Waals surface area contributed by atoms with E-state index in [2.05, 4.69) is 20.9 Å². The minimum Gasteiger partial charge on any atom is -0.336 e. The van der Waals surface area contributed by atoms with Crippen LogP contribution in [0.25, 0.3) is 0 Å². The first-order valence-corrected chi connectivity index (χ1v) is 6.93. The molecular weight excluding hydrogens is 282 g/mol. The number of carbonyl (C=O) groups is 2. The van der Waals surface area contributed by atoms with Gasteiger partial charge in [-0.1, -0.05) is 6.07 Å². The molecule has 0 unspecified atom stereocenters. The topological polar surface area (TPSA) is 88.0 Å². The molecule has 1 aromatic heterocycles. The van der Waals surface area contributed by atoms with Crippen LogP contribution >= 0.6 is 0 Å². The second-order valence-corrected chi connectivity index (χ2v) is 4.89. The molecule has 1 aromatic carbocycles. The van der Waals surface area contributed by atoms with E-state index in [-0.39, 0.29) is 11.9 Å². The Morgan fingerprint density at radius 1 is 1.27 bits per heavy atom. The number of urea groups is 1. The normalized spacial score (nSPS) is 10.1. The zero-order chi connectivity index (χ0) is 15.9. The quantitative estimate of drug-likeness (QED) is 0.789. The third-order valence-electron chi connectivity index (χ3n) is 3.02. The van der Waals surface area contributed by atoms with Crippen molar-refractivity contribution in [3.8, 4) is 0 Å². The molecule has 0 bridgehead atoms. The predicted molar refractivity (Wildman–Crippen MR) is 84.7 cm³/mol. The maximum absolute atomic E-state index is 11.8. The van der Waals surface area contributed by atoms with E-state index in [0.717, 1.165) is 5.56 Å². The van der Waals surface area contributed by atoms with Crippen LogP contribution in [0.1, 0.15) is 12.5 Å². The number of aryl methyl sites for hydroxylation is 1. The molecule has 116 valence electrons. The van der Waals surface area contributed by atoms with Gasteiger partial charge >= 0.3 is 6.03 Å². The fourth-order valence-electron chi connectivity index (χ4n) is 1.92. The van der Waals surface area contributed by atoms with Crippen LogP contribution in [0, 0.1) is 6.92 Å². The molecule has 0 aliphatic rings. The number of hydrogen-bond acceptors (Lipinski definition) is 3. The van der Waals surface area contributed by atoms with Gasteiger partial charge in [0.1, 0.15) is 0 Å². The second kappa shape index (κ2) is 7.26. The molecule has 3 N–H and O–H groups in total. The molecule has 2 aromatic rings. The summed E-state index contributed by atoms with van der Waals surface area (Å²) in [5.74, 6) is -0.148. The number of aromatic nitrogens is 2. The third kappa shape index (κ3) is 4.62. The lowest BCUT2D eigenvalue weighted by Gasteiger charge is -2.11. The molecule has 0 radical (unpaired) electrons. The van der Waals surface area contributed by atoms with E-state index < -0.39 is 0 Å². The van der Waals surface area contributed by atoms with Gasteiger partial charge in [-0.15, -0.1) is 0 Å². The summed E-state index contributed by atoms with van der Waals surface area (Å²) >= 11 is 0. The molecule has 1 heterocycles. The molecule has 7 nitrogen and oxygen atoms in total. The molecule has 0 fully saturated rings. The Hall–Kier alpha value is -2.83. The number of anilines is 2. The Kier molecular flexibility index (Phi) is 5.13. The first-order chi connectivity index (χ1) is 10.5. The van der Waals surface area contributed by atoms with E-state index in [9.17, 15) is 9.59 Å². The molecule has 0 spiro atoms. The lowest BCUT2D eigenvalue weighted by molar-refractivity contribution is -0.114. The van der Waals surface area contributed by atoms with Crippen LogP contribution in [0.3, 0.4) is 0 Å². The van der Waals surface area contributed by atoms with Gasteiger partial charge < -0.3 is 20.5 Å². The van der Waals surface area contributed by atoms with E-state index in [0.29, 0.717) is 24.5 Å². The van der Waals surface area contributed by atoms with Crippen LogP contribution in [-0.4, -0.2) is 28.0 Å². The van der Waals surface area contributed by atoms with Crippen LogP contribution in [0.5, 0.6) is 0 Å². The average Bonchev–Trinajstić information content (AvgIpc) is 2.95. The summed E-state index contributed by atoms with van der Waals surface area (Å²) in [4.78, 5) is 26.9. The SMILES string of the molecule is CC(=O)Nc1cc(NC(=O)NCCn2ccnc2)ccc1C. The van der Waals surface area contributed by atoms with E-state index in [4.69, 9.17) is 0 Å². The monoisotopic (exact) mass is 301 g/mol. The summed E-state index contributed by atoms with van der Waals surface area (Å²) in [6.45, 7) is 4.48. The van der Waals surface area contributed by atoms with Crippen molar-refractivity contribution in [2.24, 2.45) is 0 Å². The van der Waals surface area contributed by atoms with Crippen LogP contribution in [-0.2, 0) is 11.3 Å². The second-order valence-electron chi connectivity index (χ2n) is 4.89. The summed E-state index contributed by atoms with van der Waals surface area (Å²) < 4.78 is 1.88. The van der Waals surface area contributed by atoms with E-state index in [1.165, 1.54) is 6.92 Å². The molecule has 0 saturated heterocycles. The number of amides is 3. The Morgan fingerprint density at radius 2 is 2.09 bits per heavy atom. The lowest BCUT2D eigenvalue weighted by atomic mass is 10.2. The number of hydrogen-bond donors (Lipinski definition) is 3. The zero-order valence-corrected chi connectivity index (χ0v) is 12.6. The Bertz CT molecular complexity index is 652. The maximum Gasteiger partial charge on any atom is 0.319 e. The smallest absolute Gasteiger partial charge is 0.319 e. The Morgan fingerprint density at radius 3 is 2.77 bits per heavy atom. The van der Waals surface area contributed by atoms with Crippen LogP contribution in [0.15, 0.2) is 36.9 Å². The number of imidazole rings is 1. The third-order valence-corrected chi connectivity index (χ3v) is 3.02. The number of benzene rings is 1. The molecule has 22 heavy (non-hydrogen) atoms. The van der Waals surface area contributed by atoms with Crippen molar-refractivity contribution in [1.29, 1.82) is 0 Å². The Balaban J connectivity index is 1.86. The van der Waals surface area contributed by atoms with Gasteiger partial charge in [0.2, 0.25) is 5.91 Å². The molecule has 0 aliphatic heterocycles. The lowest BCUT2D eigenvalue weighted by Crippen LogP contribution is -2.31. The van der Waals surface area contributed by atoms with Crippen molar-refractivity contribution >= 4 is 23.3 Å². The first kappa shape index (κ1) is 15.6. The van der Waals surface area contributed by atoms with Gasteiger partial charge in [0.05, 0.1) is 6.33 Å². The number of nitrogens with zero attached hydrogens (tertiary/aromatic N) is 2. The average molecular weight is 301 g/mol. The summed E-state index contributed by atoms with van der Waals surface area (Å²) in [5, 5.41) is 8.22. The highest BCUT2D eigenvalue weighted by Gasteiger charge is 2.05. The fraction of sp³-hybridized carbons (Fsp3) is 0.267. The van der Waals surface area contributed by atoms with E-state index in [1.54, 1.807) is 24.7 Å². The van der Waals surface area contributed by atoms with Gasteiger partial charge in [0, 0.05) is 43.8 Å². The summed E-state index contributed by atoms with van der Waals surface area (Å²) in [7, 11) is 0. The highest BCUT2D eigenvalue weighted by atomic mass is 16.2. The predicted octanol–water partition coefficient (Wildman–Crippen LogP) is 1.97. The largest absolute Gasteiger partial charge is 0.336 e. The zero-order valence-electron chi connectivity index (χ0n) is 12.6. The van der Waals surface area contributed by atoms with Gasteiger partial charge in [0.15, 0.2) is 0 Å². The highest BCUT2D eigenvalue weighted by molar-refractivity contribution is 5.93. The first-order valence-electron chi connectivity index (χ1n) is 6.93. The van der Waals surface area contributed by atoms with Crippen LogP contribution in [0.2, 0.25) is 0 Å². The summed E-state index contributed by atoms with van der Waals surface area (Å²) in [6, 6.07) is 5.06. The standard InChI is InChI=1S/C15H19N5O2/c1-11-3-4-13(9-14(11)18-12(2)21)19-15(22)17-6-8-20-7-5-16-10-20/h3-5,7,9-10H,6,8H2,1-2H3,(H,18,21)(H2,17,19,22). The summed E-state index contributed by atoms with van der Waals surface area (Å²) in [5.41, 5.74) is 2.24. The number of carbonyl (C=O) groups excluding carboxylic acids is 2. The molecular formula is C15H19N5O2. The van der Waals surface area contributed by atoms with Crippen molar-refractivity contribution in [1.82, 2.24) is 14.9 Å². The summed E-state index contributed by atoms with van der Waals surface area (Å²) in [6.07, 6.45) is 5.22. The molecule has 0 aliphatic carbocycles. The van der Waals surface area contributed by atoms with Gasteiger partial charge in [-0.05, 0) is 24.6 Å². The minimum absolute atomic E-state index is 0.148. The van der Waals surface area contributed by atoms with Crippen molar-refractivity contribution < 1.29 is 9.59 Å². The van der Waals surface area contributed by atoms with Crippen molar-refractivity contribution in [3.63, 3.8) is 0 Å². The molecule has 3 amide bonds.